The van der Waals surface area contributed by atoms with Crippen molar-refractivity contribution >= 4 is 0 Å². The van der Waals surface area contributed by atoms with Crippen molar-refractivity contribution in [3.05, 3.63) is 48.0 Å². The van der Waals surface area contributed by atoms with Crippen LogP contribution in [-0.4, -0.2) is 20.3 Å². The Balaban J connectivity index is 2.12. The number of nitrogens with zero attached hydrogens (tertiary/aromatic N) is 3. The number of benzene rings is 1. The topological polar surface area (TPSA) is 56.7 Å². The number of aryl methyl sites for hydroxylation is 1. The van der Waals surface area contributed by atoms with Gasteiger partial charge < -0.3 is 5.73 Å². The molecule has 0 spiro atoms. The number of aromatic nitrogens is 3. The summed E-state index contributed by atoms with van der Waals surface area (Å²) >= 11 is 0. The van der Waals surface area contributed by atoms with E-state index in [9.17, 15) is 0 Å². The number of rotatable bonds is 7. The molecule has 20 heavy (non-hydrogen) atoms. The van der Waals surface area contributed by atoms with Crippen LogP contribution in [0.4, 0.5) is 0 Å². The van der Waals surface area contributed by atoms with Gasteiger partial charge in [-0.2, -0.15) is 5.10 Å². The van der Waals surface area contributed by atoms with Crippen molar-refractivity contribution in [3.8, 4) is 0 Å². The van der Waals surface area contributed by atoms with Gasteiger partial charge >= 0.3 is 0 Å². The van der Waals surface area contributed by atoms with Crippen LogP contribution in [0.1, 0.15) is 38.1 Å². The molecule has 1 atom stereocenters. The molecule has 0 bridgehead atoms. The summed E-state index contributed by atoms with van der Waals surface area (Å²) in [7, 11) is 0. The third kappa shape index (κ3) is 3.67. The first-order valence-electron chi connectivity index (χ1n) is 7.36. The molecule has 2 aromatic rings. The maximum Gasteiger partial charge on any atom is 0.138 e. The molecule has 0 aliphatic heterocycles. The van der Waals surface area contributed by atoms with Crippen molar-refractivity contribution in [2.45, 2.75) is 51.6 Å². The Labute approximate surface area is 121 Å². The van der Waals surface area contributed by atoms with Crippen LogP contribution in [0.3, 0.4) is 0 Å². The van der Waals surface area contributed by atoms with E-state index in [1.165, 1.54) is 5.56 Å². The van der Waals surface area contributed by atoms with Crippen molar-refractivity contribution in [2.24, 2.45) is 5.73 Å². The van der Waals surface area contributed by atoms with Crippen LogP contribution < -0.4 is 5.73 Å². The van der Waals surface area contributed by atoms with Gasteiger partial charge in [0.25, 0.3) is 0 Å². The van der Waals surface area contributed by atoms with Gasteiger partial charge in [-0.3, -0.25) is 4.68 Å². The van der Waals surface area contributed by atoms with Crippen molar-refractivity contribution < 1.29 is 0 Å². The molecule has 1 aromatic carbocycles. The molecule has 0 radical (unpaired) electrons. The van der Waals surface area contributed by atoms with Gasteiger partial charge in [0.1, 0.15) is 12.2 Å². The van der Waals surface area contributed by atoms with Crippen LogP contribution >= 0.6 is 0 Å². The standard InChI is InChI=1S/C16H24N4/c1-3-10-20-15(18-13-19-20)12-16(17,4-2)11-14-8-6-5-7-9-14/h5-9,13H,3-4,10-12,17H2,1-2H3. The van der Waals surface area contributed by atoms with Gasteiger partial charge in [0, 0.05) is 18.5 Å². The lowest BCUT2D eigenvalue weighted by Crippen LogP contribution is -2.44. The highest BCUT2D eigenvalue weighted by molar-refractivity contribution is 5.18. The second-order valence-corrected chi connectivity index (χ2v) is 5.45. The second-order valence-electron chi connectivity index (χ2n) is 5.45. The maximum absolute atomic E-state index is 6.60. The Kier molecular flexibility index (Phi) is 4.90. The molecule has 0 aliphatic carbocycles. The quantitative estimate of drug-likeness (QED) is 0.843. The zero-order valence-corrected chi connectivity index (χ0v) is 12.4. The molecule has 108 valence electrons. The van der Waals surface area contributed by atoms with E-state index in [0.29, 0.717) is 0 Å². The molecule has 4 nitrogen and oxygen atoms in total. The van der Waals surface area contributed by atoms with E-state index in [1.54, 1.807) is 6.33 Å². The van der Waals surface area contributed by atoms with Crippen LogP contribution in [0, 0.1) is 0 Å². The van der Waals surface area contributed by atoms with Crippen LogP contribution in [-0.2, 0) is 19.4 Å². The summed E-state index contributed by atoms with van der Waals surface area (Å²) in [5.74, 6) is 0.993. The van der Waals surface area contributed by atoms with Crippen LogP contribution in [0.15, 0.2) is 36.7 Å². The van der Waals surface area contributed by atoms with Gasteiger partial charge in [-0.1, -0.05) is 44.2 Å². The lowest BCUT2D eigenvalue weighted by molar-refractivity contribution is 0.383. The van der Waals surface area contributed by atoms with E-state index in [-0.39, 0.29) is 5.54 Å². The molecule has 1 aromatic heterocycles. The number of nitrogens with two attached hydrogens (primary N) is 1. The number of hydrogen-bond acceptors (Lipinski definition) is 3. The fourth-order valence-corrected chi connectivity index (χ4v) is 2.45. The second kappa shape index (κ2) is 6.66. The first-order valence-corrected chi connectivity index (χ1v) is 7.36. The first kappa shape index (κ1) is 14.7. The molecule has 4 heteroatoms. The Hall–Kier alpha value is -1.68. The van der Waals surface area contributed by atoms with Gasteiger partial charge in [0.05, 0.1) is 0 Å². The Bertz CT molecular complexity index is 520. The van der Waals surface area contributed by atoms with Crippen molar-refractivity contribution in [2.75, 3.05) is 0 Å². The summed E-state index contributed by atoms with van der Waals surface area (Å²) in [6.45, 7) is 5.19. The molecule has 2 N–H and O–H groups in total. The molecular formula is C16H24N4. The zero-order valence-electron chi connectivity index (χ0n) is 12.4. The van der Waals surface area contributed by atoms with Gasteiger partial charge in [0.2, 0.25) is 0 Å². The minimum absolute atomic E-state index is 0.264. The summed E-state index contributed by atoms with van der Waals surface area (Å²) in [5.41, 5.74) is 7.62. The Morgan fingerprint density at radius 2 is 1.90 bits per heavy atom. The summed E-state index contributed by atoms with van der Waals surface area (Å²) < 4.78 is 1.97. The Morgan fingerprint density at radius 1 is 1.15 bits per heavy atom. The van der Waals surface area contributed by atoms with E-state index in [1.807, 2.05) is 10.7 Å². The van der Waals surface area contributed by atoms with Crippen molar-refractivity contribution in [1.82, 2.24) is 14.8 Å². The van der Waals surface area contributed by atoms with Crippen LogP contribution in [0.2, 0.25) is 0 Å². The van der Waals surface area contributed by atoms with E-state index in [4.69, 9.17) is 5.73 Å². The van der Waals surface area contributed by atoms with Crippen molar-refractivity contribution in [3.63, 3.8) is 0 Å². The van der Waals surface area contributed by atoms with Gasteiger partial charge in [-0.05, 0) is 24.8 Å². The lowest BCUT2D eigenvalue weighted by Gasteiger charge is -2.28. The fourth-order valence-electron chi connectivity index (χ4n) is 2.45. The van der Waals surface area contributed by atoms with Crippen LogP contribution in [0.5, 0.6) is 0 Å². The maximum atomic E-state index is 6.60. The molecule has 0 aliphatic rings. The SMILES string of the molecule is CCCn1ncnc1CC(N)(CC)Cc1ccccc1. The summed E-state index contributed by atoms with van der Waals surface area (Å²) in [4.78, 5) is 4.38. The number of hydrogen-bond donors (Lipinski definition) is 1. The van der Waals surface area contributed by atoms with Gasteiger partial charge in [-0.25, -0.2) is 4.98 Å². The molecule has 0 fully saturated rings. The molecular weight excluding hydrogens is 248 g/mol. The molecule has 0 amide bonds. The van der Waals surface area contributed by atoms with E-state index in [2.05, 4.69) is 48.2 Å². The van der Waals surface area contributed by atoms with Gasteiger partial charge in [0.15, 0.2) is 0 Å². The fraction of sp³-hybridized carbons (Fsp3) is 0.500. The molecule has 2 rings (SSSR count). The predicted octanol–water partition coefficient (Wildman–Crippen LogP) is 2.58. The summed E-state index contributed by atoms with van der Waals surface area (Å²) in [5, 5.41) is 4.28. The van der Waals surface area contributed by atoms with Gasteiger partial charge in [-0.15, -0.1) is 0 Å². The normalized spacial score (nSPS) is 14.2. The third-order valence-corrected chi connectivity index (χ3v) is 3.74. The average Bonchev–Trinajstić information content (AvgIpc) is 2.87. The minimum Gasteiger partial charge on any atom is -0.324 e. The van der Waals surface area contributed by atoms with Crippen LogP contribution in [0.25, 0.3) is 0 Å². The average molecular weight is 272 g/mol. The highest BCUT2D eigenvalue weighted by Crippen LogP contribution is 2.19. The molecule has 1 unspecified atom stereocenters. The first-order chi connectivity index (χ1) is 9.67. The molecule has 0 saturated carbocycles. The highest BCUT2D eigenvalue weighted by atomic mass is 15.3. The summed E-state index contributed by atoms with van der Waals surface area (Å²) in [6.07, 6.45) is 5.23. The molecule has 0 saturated heterocycles. The van der Waals surface area contributed by atoms with E-state index in [0.717, 1.165) is 38.1 Å². The largest absolute Gasteiger partial charge is 0.324 e. The third-order valence-electron chi connectivity index (χ3n) is 3.74. The predicted molar refractivity (Wildman–Crippen MR) is 81.4 cm³/mol. The van der Waals surface area contributed by atoms with E-state index < -0.39 is 0 Å². The highest BCUT2D eigenvalue weighted by Gasteiger charge is 2.26. The summed E-state index contributed by atoms with van der Waals surface area (Å²) in [6, 6.07) is 10.4. The lowest BCUT2D eigenvalue weighted by atomic mass is 9.86. The monoisotopic (exact) mass is 272 g/mol. The minimum atomic E-state index is -0.264. The smallest absolute Gasteiger partial charge is 0.138 e. The zero-order chi connectivity index (χ0) is 14.4. The van der Waals surface area contributed by atoms with Crippen molar-refractivity contribution in [1.29, 1.82) is 0 Å². The Morgan fingerprint density at radius 3 is 2.55 bits per heavy atom. The van der Waals surface area contributed by atoms with E-state index >= 15 is 0 Å². The molecule has 1 heterocycles.